The summed E-state index contributed by atoms with van der Waals surface area (Å²) in [6.07, 6.45) is 12.4. The van der Waals surface area contributed by atoms with Gasteiger partial charge in [0.1, 0.15) is 6.72 Å². The Kier molecular flexibility index (Phi) is 12.0. The Morgan fingerprint density at radius 2 is 1.35 bits per heavy atom. The standard InChI is InChI=1S/C12H27O3PS/c1-2-3-4-5-6-7-8-9-10-11-12-15-16(13,14)17/h2-12H2,1H3,(H2,13,14,17)/p-1. The van der Waals surface area contributed by atoms with Gasteiger partial charge < -0.3 is 14.3 Å². The lowest BCUT2D eigenvalue weighted by Gasteiger charge is -2.19. The first kappa shape index (κ1) is 17.5. The van der Waals surface area contributed by atoms with Gasteiger partial charge in [0.15, 0.2) is 0 Å². The van der Waals surface area contributed by atoms with Crippen molar-refractivity contribution in [3.63, 3.8) is 0 Å². The van der Waals surface area contributed by atoms with Crippen LogP contribution in [0.15, 0.2) is 0 Å². The Hall–Kier alpha value is 0.530. The van der Waals surface area contributed by atoms with Crippen molar-refractivity contribution in [1.29, 1.82) is 0 Å². The fourth-order valence-electron chi connectivity index (χ4n) is 1.77. The summed E-state index contributed by atoms with van der Waals surface area (Å²) in [6.45, 7) is -1.11. The zero-order valence-corrected chi connectivity index (χ0v) is 12.6. The quantitative estimate of drug-likeness (QED) is 0.439. The molecule has 0 aromatic rings. The highest BCUT2D eigenvalue weighted by atomic mass is 32.5. The van der Waals surface area contributed by atoms with Crippen molar-refractivity contribution in [3.05, 3.63) is 0 Å². The van der Waals surface area contributed by atoms with E-state index in [2.05, 4.69) is 23.3 Å². The summed E-state index contributed by atoms with van der Waals surface area (Å²) >= 11 is 4.24. The second-order valence-corrected chi connectivity index (χ2v) is 7.06. The van der Waals surface area contributed by atoms with Crippen LogP contribution in [0.25, 0.3) is 0 Å². The maximum atomic E-state index is 10.6. The highest BCUT2D eigenvalue weighted by molar-refractivity contribution is 8.06. The van der Waals surface area contributed by atoms with Crippen molar-refractivity contribution >= 4 is 18.5 Å². The molecule has 0 heterocycles. The maximum absolute atomic E-state index is 10.6. The molecule has 0 aliphatic carbocycles. The van der Waals surface area contributed by atoms with Crippen LogP contribution in [0.2, 0.25) is 0 Å². The molecule has 0 amide bonds. The predicted molar refractivity (Wildman–Crippen MR) is 74.3 cm³/mol. The van der Waals surface area contributed by atoms with E-state index in [0.29, 0.717) is 6.61 Å². The lowest BCUT2D eigenvalue weighted by Crippen LogP contribution is -2.03. The Morgan fingerprint density at radius 3 is 1.76 bits per heavy atom. The van der Waals surface area contributed by atoms with Gasteiger partial charge in [0.05, 0.1) is 6.61 Å². The molecule has 0 aliphatic rings. The van der Waals surface area contributed by atoms with Crippen molar-refractivity contribution in [2.45, 2.75) is 71.1 Å². The molecule has 0 saturated heterocycles. The van der Waals surface area contributed by atoms with Crippen LogP contribution in [-0.2, 0) is 16.3 Å². The number of unbranched alkanes of at least 4 members (excludes halogenated alkanes) is 9. The summed E-state index contributed by atoms with van der Waals surface area (Å²) in [7, 11) is 0. The number of hydrogen-bond acceptors (Lipinski definition) is 3. The van der Waals surface area contributed by atoms with Crippen LogP contribution in [0, 0.1) is 0 Å². The molecular formula is C12H26O3PS-. The second-order valence-electron chi connectivity index (χ2n) is 4.48. The molecule has 3 nitrogen and oxygen atoms in total. The molecular weight excluding hydrogens is 255 g/mol. The first-order valence-electron chi connectivity index (χ1n) is 6.74. The molecule has 0 spiro atoms. The normalized spacial score (nSPS) is 14.8. The van der Waals surface area contributed by atoms with Gasteiger partial charge in [-0.3, -0.25) is 0 Å². The molecule has 1 N–H and O–H groups in total. The summed E-state index contributed by atoms with van der Waals surface area (Å²) in [6, 6.07) is 0. The average molecular weight is 281 g/mol. The molecule has 0 aromatic heterocycles. The smallest absolute Gasteiger partial charge is 0.112 e. The molecule has 0 saturated carbocycles. The van der Waals surface area contributed by atoms with Crippen LogP contribution in [0.4, 0.5) is 0 Å². The molecule has 0 aromatic carbocycles. The van der Waals surface area contributed by atoms with E-state index < -0.39 is 6.72 Å². The number of hydrogen-bond donors (Lipinski definition) is 1. The van der Waals surface area contributed by atoms with Gasteiger partial charge in [-0.2, -0.15) is 0 Å². The van der Waals surface area contributed by atoms with Crippen molar-refractivity contribution in [2.24, 2.45) is 0 Å². The van der Waals surface area contributed by atoms with Crippen molar-refractivity contribution in [1.82, 2.24) is 0 Å². The summed E-state index contributed by atoms with van der Waals surface area (Å²) < 4.78 is 4.63. The third kappa shape index (κ3) is 16.5. The van der Waals surface area contributed by atoms with E-state index in [1.807, 2.05) is 0 Å². The van der Waals surface area contributed by atoms with Crippen LogP contribution in [0.1, 0.15) is 71.1 Å². The van der Waals surface area contributed by atoms with Gasteiger partial charge in [0, 0.05) is 0 Å². The molecule has 1 atom stereocenters. The van der Waals surface area contributed by atoms with Gasteiger partial charge >= 0.3 is 0 Å². The van der Waals surface area contributed by atoms with Crippen molar-refractivity contribution < 1.29 is 14.3 Å². The first-order valence-corrected chi connectivity index (χ1v) is 9.33. The topological polar surface area (TPSA) is 52.5 Å². The first-order chi connectivity index (χ1) is 8.06. The Morgan fingerprint density at radius 1 is 0.941 bits per heavy atom. The third-order valence-electron chi connectivity index (χ3n) is 2.75. The molecule has 17 heavy (non-hydrogen) atoms. The summed E-state index contributed by atoms with van der Waals surface area (Å²) in [5, 5.41) is 0. The second kappa shape index (κ2) is 11.6. The van der Waals surface area contributed by atoms with Crippen molar-refractivity contribution in [3.8, 4) is 0 Å². The SMILES string of the molecule is CCCCCCCCCCCCOP([O-])(O)=S. The van der Waals surface area contributed by atoms with Gasteiger partial charge in [-0.1, -0.05) is 76.5 Å². The fourth-order valence-corrected chi connectivity index (χ4v) is 2.35. The zero-order chi connectivity index (χ0) is 13.0. The zero-order valence-electron chi connectivity index (χ0n) is 10.9. The van der Waals surface area contributed by atoms with Crippen LogP contribution in [0.3, 0.4) is 0 Å². The lowest BCUT2D eigenvalue weighted by atomic mass is 10.1. The Labute approximate surface area is 111 Å². The van der Waals surface area contributed by atoms with Gasteiger partial charge in [-0.15, -0.1) is 0 Å². The van der Waals surface area contributed by atoms with E-state index in [1.165, 1.54) is 51.4 Å². The molecule has 0 rings (SSSR count). The minimum Gasteiger partial charge on any atom is -0.780 e. The van der Waals surface area contributed by atoms with E-state index in [-0.39, 0.29) is 0 Å². The van der Waals surface area contributed by atoms with Gasteiger partial charge in [-0.25, -0.2) is 0 Å². The molecule has 0 bridgehead atoms. The van der Waals surface area contributed by atoms with E-state index in [1.54, 1.807) is 0 Å². The van der Waals surface area contributed by atoms with E-state index in [0.717, 1.165) is 12.8 Å². The number of rotatable bonds is 12. The highest BCUT2D eigenvalue weighted by Gasteiger charge is 1.96. The molecule has 0 radical (unpaired) electrons. The summed E-state index contributed by atoms with van der Waals surface area (Å²) in [5.41, 5.74) is 0. The van der Waals surface area contributed by atoms with Crippen LogP contribution < -0.4 is 4.89 Å². The summed E-state index contributed by atoms with van der Waals surface area (Å²) in [5.74, 6) is 0. The monoisotopic (exact) mass is 281 g/mol. The van der Waals surface area contributed by atoms with Crippen LogP contribution in [-0.4, -0.2) is 11.5 Å². The molecule has 1 unspecified atom stereocenters. The predicted octanol–water partition coefficient (Wildman–Crippen LogP) is 3.50. The minimum absolute atomic E-state index is 0.313. The molecule has 0 fully saturated rings. The van der Waals surface area contributed by atoms with Gasteiger partial charge in [0.25, 0.3) is 0 Å². The molecule has 0 aliphatic heterocycles. The third-order valence-corrected chi connectivity index (χ3v) is 3.58. The van der Waals surface area contributed by atoms with Gasteiger partial charge in [-0.05, 0) is 6.42 Å². The van der Waals surface area contributed by atoms with Crippen LogP contribution in [0.5, 0.6) is 0 Å². The van der Waals surface area contributed by atoms with E-state index >= 15 is 0 Å². The van der Waals surface area contributed by atoms with E-state index in [9.17, 15) is 4.89 Å². The molecule has 104 valence electrons. The lowest BCUT2D eigenvalue weighted by molar-refractivity contribution is -0.201. The average Bonchev–Trinajstić information content (AvgIpc) is 2.24. The molecule has 5 heteroatoms. The fraction of sp³-hybridized carbons (Fsp3) is 1.00. The minimum atomic E-state index is -3.66. The maximum Gasteiger partial charge on any atom is 0.112 e. The Balaban J connectivity index is 3.01. The largest absolute Gasteiger partial charge is 0.780 e. The summed E-state index contributed by atoms with van der Waals surface area (Å²) in [4.78, 5) is 19.3. The van der Waals surface area contributed by atoms with Gasteiger partial charge in [0.2, 0.25) is 0 Å². The van der Waals surface area contributed by atoms with Crippen LogP contribution >= 0.6 is 6.72 Å². The Bertz CT molecular complexity index is 206. The van der Waals surface area contributed by atoms with E-state index in [4.69, 9.17) is 4.89 Å². The van der Waals surface area contributed by atoms with Crippen molar-refractivity contribution in [2.75, 3.05) is 6.61 Å². The highest BCUT2D eigenvalue weighted by Crippen LogP contribution is 2.30.